The molecule has 1 N–H and O–H groups in total. The van der Waals surface area contributed by atoms with Crippen molar-refractivity contribution in [3.8, 4) is 17.6 Å². The van der Waals surface area contributed by atoms with Crippen LogP contribution in [-0.2, 0) is 0 Å². The Balaban J connectivity index is 1.79. The number of hydrogen-bond donors (Lipinski definition) is 1. The van der Waals surface area contributed by atoms with Gasteiger partial charge in [-0.05, 0) is 55.2 Å². The Hall–Kier alpha value is -2.73. The van der Waals surface area contributed by atoms with Crippen LogP contribution >= 0.6 is 0 Å². The molecule has 1 aliphatic carbocycles. The van der Waals surface area contributed by atoms with Crippen molar-refractivity contribution in [1.82, 2.24) is 4.98 Å². The first-order chi connectivity index (χ1) is 10.3. The molecule has 0 aliphatic heterocycles. The number of nitrogens with zero attached hydrogens (tertiary/aromatic N) is 1. The van der Waals surface area contributed by atoms with Crippen LogP contribution in [0.25, 0.3) is 10.9 Å². The third kappa shape index (κ3) is 2.15. The van der Waals surface area contributed by atoms with E-state index >= 15 is 0 Å². The lowest BCUT2D eigenvalue weighted by atomic mass is 10.0. The summed E-state index contributed by atoms with van der Waals surface area (Å²) in [7, 11) is 0. The minimum Gasteiger partial charge on any atom is -0.457 e. The lowest BCUT2D eigenvalue weighted by molar-refractivity contribution is 0.477. The average molecular weight is 274 g/mol. The Kier molecular flexibility index (Phi) is 2.68. The summed E-state index contributed by atoms with van der Waals surface area (Å²) in [6.45, 7) is 0. The molecule has 0 atom stereocenters. The fraction of sp³-hybridized carbons (Fsp3) is 0.167. The smallest absolute Gasteiger partial charge is 0.131 e. The molecular formula is C18H14N2O. The second-order valence-corrected chi connectivity index (χ2v) is 5.43. The molecule has 0 saturated heterocycles. The van der Waals surface area contributed by atoms with Gasteiger partial charge >= 0.3 is 0 Å². The van der Waals surface area contributed by atoms with Gasteiger partial charge in [0.25, 0.3) is 0 Å². The largest absolute Gasteiger partial charge is 0.457 e. The number of nitrogens with one attached hydrogen (secondary N) is 1. The molecule has 0 unspecified atom stereocenters. The predicted octanol–water partition coefficient (Wildman–Crippen LogP) is 4.71. The maximum Gasteiger partial charge on any atom is 0.131 e. The van der Waals surface area contributed by atoms with Gasteiger partial charge in [-0.1, -0.05) is 6.07 Å². The molecule has 1 saturated carbocycles. The number of rotatable bonds is 3. The maximum atomic E-state index is 8.98. The zero-order valence-corrected chi connectivity index (χ0v) is 11.5. The van der Waals surface area contributed by atoms with Crippen molar-refractivity contribution >= 4 is 10.9 Å². The van der Waals surface area contributed by atoms with Crippen LogP contribution in [0.1, 0.15) is 29.9 Å². The van der Waals surface area contributed by atoms with E-state index < -0.39 is 0 Å². The number of H-pyrrole nitrogens is 1. The molecule has 2 aromatic carbocycles. The van der Waals surface area contributed by atoms with Crippen LogP contribution in [0.3, 0.4) is 0 Å². The Morgan fingerprint density at radius 3 is 2.86 bits per heavy atom. The van der Waals surface area contributed by atoms with Gasteiger partial charge in [0.15, 0.2) is 0 Å². The molecule has 0 radical (unpaired) electrons. The van der Waals surface area contributed by atoms with Crippen molar-refractivity contribution in [2.24, 2.45) is 0 Å². The number of nitriles is 1. The van der Waals surface area contributed by atoms with Crippen molar-refractivity contribution in [1.29, 1.82) is 5.26 Å². The van der Waals surface area contributed by atoms with Gasteiger partial charge in [-0.2, -0.15) is 5.26 Å². The molecule has 1 fully saturated rings. The second kappa shape index (κ2) is 4.68. The Morgan fingerprint density at radius 1 is 1.14 bits per heavy atom. The van der Waals surface area contributed by atoms with E-state index in [0.717, 1.165) is 11.3 Å². The van der Waals surface area contributed by atoms with E-state index in [2.05, 4.69) is 17.1 Å². The van der Waals surface area contributed by atoms with Crippen LogP contribution in [0, 0.1) is 11.3 Å². The minimum absolute atomic E-state index is 0.596. The van der Waals surface area contributed by atoms with Crippen LogP contribution in [0.15, 0.2) is 48.7 Å². The maximum absolute atomic E-state index is 8.98. The van der Waals surface area contributed by atoms with Crippen LogP contribution in [-0.4, -0.2) is 4.98 Å². The molecule has 4 rings (SSSR count). The number of hydrogen-bond acceptors (Lipinski definition) is 2. The van der Waals surface area contributed by atoms with E-state index in [9.17, 15) is 0 Å². The van der Waals surface area contributed by atoms with Crippen molar-refractivity contribution in [3.63, 3.8) is 0 Å². The molecule has 0 spiro atoms. The highest BCUT2D eigenvalue weighted by Crippen LogP contribution is 2.48. The van der Waals surface area contributed by atoms with Crippen LogP contribution in [0.4, 0.5) is 0 Å². The number of aromatic amines is 1. The van der Waals surface area contributed by atoms with Gasteiger partial charge in [0.05, 0.1) is 11.6 Å². The quantitative estimate of drug-likeness (QED) is 0.752. The first-order valence-corrected chi connectivity index (χ1v) is 7.13. The van der Waals surface area contributed by atoms with Gasteiger partial charge in [-0.25, -0.2) is 0 Å². The van der Waals surface area contributed by atoms with Gasteiger partial charge in [-0.3, -0.25) is 0 Å². The Labute approximate surface area is 122 Å². The summed E-state index contributed by atoms with van der Waals surface area (Å²) in [6.07, 6.45) is 4.41. The van der Waals surface area contributed by atoms with E-state index in [-0.39, 0.29) is 0 Å². The summed E-state index contributed by atoms with van der Waals surface area (Å²) in [5, 5.41) is 10.2. The lowest BCUT2D eigenvalue weighted by Gasteiger charge is -2.12. The minimum atomic E-state index is 0.596. The van der Waals surface area contributed by atoms with E-state index in [1.54, 1.807) is 12.1 Å². The molecular weight excluding hydrogens is 260 g/mol. The third-order valence-corrected chi connectivity index (χ3v) is 3.91. The fourth-order valence-corrected chi connectivity index (χ4v) is 2.77. The van der Waals surface area contributed by atoms with Crippen molar-refractivity contribution in [3.05, 3.63) is 59.8 Å². The molecule has 1 aromatic heterocycles. The molecule has 3 heteroatoms. The highest BCUT2D eigenvalue weighted by molar-refractivity contribution is 5.86. The molecule has 21 heavy (non-hydrogen) atoms. The van der Waals surface area contributed by atoms with Crippen LogP contribution in [0.2, 0.25) is 0 Å². The average Bonchev–Trinajstić information content (AvgIpc) is 3.24. The summed E-state index contributed by atoms with van der Waals surface area (Å²) in [4.78, 5) is 3.25. The molecule has 0 bridgehead atoms. The first kappa shape index (κ1) is 12.0. The zero-order valence-electron chi connectivity index (χ0n) is 11.5. The normalized spacial score (nSPS) is 14.0. The SMILES string of the molecule is N#Cc1cccc(Oc2ccc3[nH]ccc3c2C2CC2)c1. The van der Waals surface area contributed by atoms with Crippen molar-refractivity contribution in [2.45, 2.75) is 18.8 Å². The highest BCUT2D eigenvalue weighted by Gasteiger charge is 2.29. The van der Waals surface area contributed by atoms with Crippen LogP contribution in [0.5, 0.6) is 11.5 Å². The second-order valence-electron chi connectivity index (χ2n) is 5.43. The number of ether oxygens (including phenoxy) is 1. The van der Waals surface area contributed by atoms with Crippen molar-refractivity contribution in [2.75, 3.05) is 0 Å². The molecule has 102 valence electrons. The Bertz CT molecular complexity index is 853. The summed E-state index contributed by atoms with van der Waals surface area (Å²) >= 11 is 0. The zero-order chi connectivity index (χ0) is 14.2. The van der Waals surface area contributed by atoms with Crippen LogP contribution < -0.4 is 4.74 Å². The van der Waals surface area contributed by atoms with E-state index in [4.69, 9.17) is 10.00 Å². The van der Waals surface area contributed by atoms with Gasteiger partial charge in [0.2, 0.25) is 0 Å². The molecule has 1 heterocycles. The van der Waals surface area contributed by atoms with Gasteiger partial charge in [-0.15, -0.1) is 0 Å². The van der Waals surface area contributed by atoms with Gasteiger partial charge < -0.3 is 9.72 Å². The first-order valence-electron chi connectivity index (χ1n) is 7.13. The number of fused-ring (bicyclic) bond motifs is 1. The number of aromatic nitrogens is 1. The molecule has 3 nitrogen and oxygen atoms in total. The standard InChI is InChI=1S/C18H14N2O/c19-11-12-2-1-3-14(10-12)21-17-7-6-16-15(8-9-20-16)18(17)13-4-5-13/h1-3,6-10,13,20H,4-5H2. The summed E-state index contributed by atoms with van der Waals surface area (Å²) in [5.74, 6) is 2.21. The summed E-state index contributed by atoms with van der Waals surface area (Å²) in [6, 6.07) is 15.6. The third-order valence-electron chi connectivity index (χ3n) is 3.91. The highest BCUT2D eigenvalue weighted by atomic mass is 16.5. The van der Waals surface area contributed by atoms with Gasteiger partial charge in [0.1, 0.15) is 11.5 Å². The molecule has 1 aliphatic rings. The van der Waals surface area contributed by atoms with E-state index in [1.165, 1.54) is 23.8 Å². The Morgan fingerprint density at radius 2 is 2.05 bits per heavy atom. The number of benzene rings is 2. The monoisotopic (exact) mass is 274 g/mol. The van der Waals surface area contributed by atoms with Gasteiger partial charge in [0, 0.05) is 22.7 Å². The fourth-order valence-electron chi connectivity index (χ4n) is 2.77. The summed E-state index contributed by atoms with van der Waals surface area (Å²) in [5.41, 5.74) is 3.05. The lowest BCUT2D eigenvalue weighted by Crippen LogP contribution is -1.91. The van der Waals surface area contributed by atoms with Crippen molar-refractivity contribution < 1.29 is 4.74 Å². The molecule has 0 amide bonds. The summed E-state index contributed by atoms with van der Waals surface area (Å²) < 4.78 is 6.07. The topological polar surface area (TPSA) is 48.8 Å². The van der Waals surface area contributed by atoms with E-state index in [1.807, 2.05) is 30.5 Å². The predicted molar refractivity (Wildman–Crippen MR) is 81.5 cm³/mol. The van der Waals surface area contributed by atoms with E-state index in [0.29, 0.717) is 17.2 Å². The molecule has 3 aromatic rings.